The second-order valence-corrected chi connectivity index (χ2v) is 3.54. The Morgan fingerprint density at radius 2 is 2.08 bits per heavy atom. The molecule has 0 saturated heterocycles. The van der Waals surface area contributed by atoms with Crippen LogP contribution < -0.4 is 4.90 Å². The van der Waals surface area contributed by atoms with Crippen LogP contribution in [0.25, 0.3) is 0 Å². The summed E-state index contributed by atoms with van der Waals surface area (Å²) < 4.78 is 0. The third-order valence-corrected chi connectivity index (χ3v) is 1.92. The quantitative estimate of drug-likeness (QED) is 0.768. The molecule has 0 amide bonds. The van der Waals surface area contributed by atoms with Gasteiger partial charge in [0.25, 0.3) is 0 Å². The van der Waals surface area contributed by atoms with Crippen molar-refractivity contribution in [2.24, 2.45) is 0 Å². The largest absolute Gasteiger partial charge is 0.343 e. The predicted molar refractivity (Wildman–Crippen MR) is 54.1 cm³/mol. The highest BCUT2D eigenvalue weighted by molar-refractivity contribution is 9.09. The van der Waals surface area contributed by atoms with E-state index in [-0.39, 0.29) is 0 Å². The normalized spacial score (nSPS) is 9.92. The zero-order valence-electron chi connectivity index (χ0n) is 6.67. The fourth-order valence-corrected chi connectivity index (χ4v) is 1.36. The lowest BCUT2D eigenvalue weighted by molar-refractivity contribution is 0.911. The van der Waals surface area contributed by atoms with Crippen molar-refractivity contribution >= 4 is 33.5 Å². The summed E-state index contributed by atoms with van der Waals surface area (Å²) in [5.74, 6) is 0.693. The summed E-state index contributed by atoms with van der Waals surface area (Å²) in [7, 11) is 1.94. The van der Waals surface area contributed by atoms with Gasteiger partial charge in [-0.3, -0.25) is 0 Å². The van der Waals surface area contributed by atoms with Crippen LogP contribution in [0.4, 0.5) is 5.95 Å². The number of anilines is 1. The van der Waals surface area contributed by atoms with Gasteiger partial charge in [0.15, 0.2) is 0 Å². The Morgan fingerprint density at radius 3 is 2.58 bits per heavy atom. The summed E-state index contributed by atoms with van der Waals surface area (Å²) in [4.78, 5) is 10.1. The van der Waals surface area contributed by atoms with Crippen molar-refractivity contribution in [1.82, 2.24) is 9.97 Å². The van der Waals surface area contributed by atoms with E-state index in [4.69, 9.17) is 11.6 Å². The fraction of sp³-hybridized carbons (Fsp3) is 0.429. The molecular formula is C7H9BrClN3. The van der Waals surface area contributed by atoms with Crippen molar-refractivity contribution in [2.45, 2.75) is 0 Å². The van der Waals surface area contributed by atoms with E-state index in [9.17, 15) is 0 Å². The number of alkyl halides is 1. The van der Waals surface area contributed by atoms with Crippen LogP contribution in [0.1, 0.15) is 0 Å². The summed E-state index contributed by atoms with van der Waals surface area (Å²) >= 11 is 8.98. The summed E-state index contributed by atoms with van der Waals surface area (Å²) in [5.41, 5.74) is 0. The maximum Gasteiger partial charge on any atom is 0.225 e. The van der Waals surface area contributed by atoms with Crippen LogP contribution >= 0.6 is 27.5 Å². The van der Waals surface area contributed by atoms with Crippen LogP contribution in [0, 0.1) is 0 Å². The average molecular weight is 251 g/mol. The Labute approximate surface area is 84.9 Å². The van der Waals surface area contributed by atoms with Crippen LogP contribution in [0.3, 0.4) is 0 Å². The van der Waals surface area contributed by atoms with Gasteiger partial charge in [-0.05, 0) is 0 Å². The Kier molecular flexibility index (Phi) is 3.75. The molecule has 66 valence electrons. The van der Waals surface area contributed by atoms with Crippen LogP contribution in [0.5, 0.6) is 0 Å². The molecule has 1 rings (SSSR count). The smallest absolute Gasteiger partial charge is 0.225 e. The molecule has 0 aliphatic heterocycles. The summed E-state index contributed by atoms with van der Waals surface area (Å²) in [6, 6.07) is 0. The van der Waals surface area contributed by atoms with E-state index < -0.39 is 0 Å². The molecule has 12 heavy (non-hydrogen) atoms. The van der Waals surface area contributed by atoms with Crippen LogP contribution in [0.15, 0.2) is 12.4 Å². The summed E-state index contributed by atoms with van der Waals surface area (Å²) in [6.45, 7) is 0.877. The lowest BCUT2D eigenvalue weighted by Gasteiger charge is -2.14. The first-order valence-corrected chi connectivity index (χ1v) is 4.98. The van der Waals surface area contributed by atoms with E-state index in [1.165, 1.54) is 0 Å². The lowest BCUT2D eigenvalue weighted by atomic mass is 10.6. The number of aromatic nitrogens is 2. The predicted octanol–water partition coefficient (Wildman–Crippen LogP) is 1.96. The number of halogens is 2. The minimum absolute atomic E-state index is 0.561. The number of rotatable bonds is 3. The average Bonchev–Trinajstić information content (AvgIpc) is 2.06. The maximum absolute atomic E-state index is 5.64. The maximum atomic E-state index is 5.64. The van der Waals surface area contributed by atoms with Crippen molar-refractivity contribution in [2.75, 3.05) is 23.8 Å². The molecule has 0 atom stereocenters. The minimum atomic E-state index is 0.561. The zero-order chi connectivity index (χ0) is 8.97. The molecule has 0 N–H and O–H groups in total. The lowest BCUT2D eigenvalue weighted by Crippen LogP contribution is -2.21. The first-order chi connectivity index (χ1) is 5.74. The molecule has 0 aliphatic carbocycles. The molecule has 0 unspecified atom stereocenters. The van der Waals surface area contributed by atoms with E-state index in [1.54, 1.807) is 12.4 Å². The van der Waals surface area contributed by atoms with Crippen LogP contribution in [-0.2, 0) is 0 Å². The van der Waals surface area contributed by atoms with Crippen molar-refractivity contribution < 1.29 is 0 Å². The highest BCUT2D eigenvalue weighted by atomic mass is 79.9. The molecule has 3 nitrogen and oxygen atoms in total. The van der Waals surface area contributed by atoms with E-state index in [0.29, 0.717) is 11.0 Å². The van der Waals surface area contributed by atoms with Gasteiger partial charge in [-0.15, -0.1) is 0 Å². The van der Waals surface area contributed by atoms with Crippen molar-refractivity contribution in [3.8, 4) is 0 Å². The van der Waals surface area contributed by atoms with Gasteiger partial charge in [-0.1, -0.05) is 27.5 Å². The molecule has 0 radical (unpaired) electrons. The van der Waals surface area contributed by atoms with Crippen molar-refractivity contribution in [1.29, 1.82) is 0 Å². The number of hydrogen-bond acceptors (Lipinski definition) is 3. The molecule has 0 aromatic carbocycles. The highest BCUT2D eigenvalue weighted by Crippen LogP contribution is 2.08. The molecule has 1 aromatic heterocycles. The molecule has 5 heteroatoms. The molecule has 1 aromatic rings. The zero-order valence-corrected chi connectivity index (χ0v) is 9.01. The molecule has 0 spiro atoms. The summed E-state index contributed by atoms with van der Waals surface area (Å²) in [6.07, 6.45) is 3.18. The Balaban J connectivity index is 2.68. The monoisotopic (exact) mass is 249 g/mol. The number of nitrogens with zero attached hydrogens (tertiary/aromatic N) is 3. The fourth-order valence-electron chi connectivity index (χ4n) is 0.729. The van der Waals surface area contributed by atoms with Crippen LogP contribution in [0.2, 0.25) is 5.02 Å². The van der Waals surface area contributed by atoms with Gasteiger partial charge in [0, 0.05) is 18.9 Å². The first-order valence-electron chi connectivity index (χ1n) is 3.48. The standard InChI is InChI=1S/C7H9BrClN3/c1-12(3-2-8)7-10-4-6(9)5-11-7/h4-5H,2-3H2,1H3. The molecule has 0 fully saturated rings. The molecule has 0 aliphatic rings. The number of hydrogen-bond donors (Lipinski definition) is 0. The van der Waals surface area contributed by atoms with Gasteiger partial charge in [-0.25, -0.2) is 9.97 Å². The van der Waals surface area contributed by atoms with Crippen molar-refractivity contribution in [3.63, 3.8) is 0 Å². The summed E-state index contributed by atoms with van der Waals surface area (Å²) in [5, 5.41) is 1.46. The Bertz CT molecular complexity index is 239. The molecular weight excluding hydrogens is 241 g/mol. The third kappa shape index (κ3) is 2.60. The topological polar surface area (TPSA) is 29.0 Å². The minimum Gasteiger partial charge on any atom is -0.343 e. The van der Waals surface area contributed by atoms with Gasteiger partial charge in [0.05, 0.1) is 17.4 Å². The highest BCUT2D eigenvalue weighted by Gasteiger charge is 2.01. The van der Waals surface area contributed by atoms with Gasteiger partial charge in [0.2, 0.25) is 5.95 Å². The second-order valence-electron chi connectivity index (χ2n) is 2.31. The van der Waals surface area contributed by atoms with Crippen LogP contribution in [-0.4, -0.2) is 28.9 Å². The van der Waals surface area contributed by atoms with E-state index in [1.807, 2.05) is 11.9 Å². The second kappa shape index (κ2) is 4.62. The first kappa shape index (κ1) is 9.74. The molecule has 0 saturated carbocycles. The van der Waals surface area contributed by atoms with E-state index >= 15 is 0 Å². The van der Waals surface area contributed by atoms with Gasteiger partial charge < -0.3 is 4.90 Å². The van der Waals surface area contributed by atoms with Gasteiger partial charge in [-0.2, -0.15) is 0 Å². The molecule has 0 bridgehead atoms. The Morgan fingerprint density at radius 1 is 1.50 bits per heavy atom. The van der Waals surface area contributed by atoms with Crippen molar-refractivity contribution in [3.05, 3.63) is 17.4 Å². The SMILES string of the molecule is CN(CCBr)c1ncc(Cl)cn1. The Hall–Kier alpha value is -0.350. The van der Waals surface area contributed by atoms with E-state index in [2.05, 4.69) is 25.9 Å². The molecule has 1 heterocycles. The van der Waals surface area contributed by atoms with E-state index in [0.717, 1.165) is 11.9 Å². The van der Waals surface area contributed by atoms with Gasteiger partial charge >= 0.3 is 0 Å². The van der Waals surface area contributed by atoms with Gasteiger partial charge in [0.1, 0.15) is 0 Å². The third-order valence-electron chi connectivity index (χ3n) is 1.37.